The first-order valence-corrected chi connectivity index (χ1v) is 9.36. The van der Waals surface area contributed by atoms with Gasteiger partial charge >= 0.3 is 0 Å². The Hall–Kier alpha value is -2.56. The molecule has 5 heteroatoms. The van der Waals surface area contributed by atoms with Gasteiger partial charge in [-0.2, -0.15) is 0 Å². The predicted octanol–water partition coefficient (Wildman–Crippen LogP) is 4.33. The van der Waals surface area contributed by atoms with Crippen molar-refractivity contribution in [2.75, 3.05) is 27.3 Å². The number of aryl methyl sites for hydroxylation is 1. The number of carbonyl (C=O) groups is 1. The van der Waals surface area contributed by atoms with Crippen LogP contribution in [0.25, 0.3) is 0 Å². The maximum absolute atomic E-state index is 13.8. The molecule has 144 valence electrons. The van der Waals surface area contributed by atoms with Gasteiger partial charge in [-0.05, 0) is 67.5 Å². The Balaban J connectivity index is 1.49. The average molecular weight is 371 g/mol. The van der Waals surface area contributed by atoms with E-state index in [-0.39, 0.29) is 11.7 Å². The minimum absolute atomic E-state index is 0.106. The molecular formula is C22H26FNO3. The van der Waals surface area contributed by atoms with E-state index < -0.39 is 5.82 Å². The van der Waals surface area contributed by atoms with Gasteiger partial charge in [-0.15, -0.1) is 0 Å². The van der Waals surface area contributed by atoms with Gasteiger partial charge in [-0.3, -0.25) is 4.79 Å². The van der Waals surface area contributed by atoms with E-state index in [1.54, 1.807) is 13.2 Å². The van der Waals surface area contributed by atoms with E-state index in [9.17, 15) is 9.18 Å². The van der Waals surface area contributed by atoms with Crippen molar-refractivity contribution in [2.24, 2.45) is 5.92 Å². The minimum Gasteiger partial charge on any atom is -0.497 e. The van der Waals surface area contributed by atoms with Crippen molar-refractivity contribution < 1.29 is 18.7 Å². The molecule has 0 unspecified atom stereocenters. The molecular weight excluding hydrogens is 345 g/mol. The van der Waals surface area contributed by atoms with Gasteiger partial charge in [0.05, 0.1) is 14.2 Å². The van der Waals surface area contributed by atoms with Gasteiger partial charge in [-0.1, -0.05) is 12.1 Å². The Morgan fingerprint density at radius 1 is 1.07 bits per heavy atom. The summed E-state index contributed by atoms with van der Waals surface area (Å²) in [5.74, 6) is 1.04. The molecule has 0 bridgehead atoms. The molecule has 1 aliphatic rings. The first-order valence-electron chi connectivity index (χ1n) is 9.36. The zero-order chi connectivity index (χ0) is 19.2. The molecule has 1 amide bonds. The molecule has 0 aromatic heterocycles. The van der Waals surface area contributed by atoms with Gasteiger partial charge < -0.3 is 14.4 Å². The average Bonchev–Trinajstić information content (AvgIpc) is 2.72. The summed E-state index contributed by atoms with van der Waals surface area (Å²) in [5, 5.41) is 0. The highest BCUT2D eigenvalue weighted by Crippen LogP contribution is 2.25. The van der Waals surface area contributed by atoms with Crippen LogP contribution in [0.2, 0.25) is 0 Å². The van der Waals surface area contributed by atoms with E-state index in [1.165, 1.54) is 24.8 Å². The van der Waals surface area contributed by atoms with Crippen LogP contribution >= 0.6 is 0 Å². The van der Waals surface area contributed by atoms with Crippen molar-refractivity contribution in [1.82, 2.24) is 4.90 Å². The van der Waals surface area contributed by atoms with Gasteiger partial charge in [-0.25, -0.2) is 4.39 Å². The van der Waals surface area contributed by atoms with Crippen LogP contribution in [0, 0.1) is 11.7 Å². The fourth-order valence-electron chi connectivity index (χ4n) is 3.57. The van der Waals surface area contributed by atoms with Crippen molar-refractivity contribution in [3.05, 3.63) is 59.4 Å². The Bertz CT molecular complexity index is 768. The molecule has 0 spiro atoms. The van der Waals surface area contributed by atoms with Crippen LogP contribution in [0.15, 0.2) is 42.5 Å². The SMILES string of the molecule is COc1ccc(CCC2CCN(C(=O)c3ccc(OC)c(F)c3)CC2)cc1. The summed E-state index contributed by atoms with van der Waals surface area (Å²) in [7, 11) is 3.08. The van der Waals surface area contributed by atoms with Crippen molar-refractivity contribution >= 4 is 5.91 Å². The lowest BCUT2D eigenvalue weighted by atomic mass is 9.90. The summed E-state index contributed by atoms with van der Waals surface area (Å²) in [6, 6.07) is 12.6. The second-order valence-electron chi connectivity index (χ2n) is 6.97. The van der Waals surface area contributed by atoms with Crippen molar-refractivity contribution in [2.45, 2.75) is 25.7 Å². The fourth-order valence-corrected chi connectivity index (χ4v) is 3.57. The number of amides is 1. The molecule has 2 aromatic carbocycles. The molecule has 0 aliphatic carbocycles. The highest BCUT2D eigenvalue weighted by atomic mass is 19.1. The molecule has 1 fully saturated rings. The molecule has 0 radical (unpaired) electrons. The van der Waals surface area contributed by atoms with Crippen LogP contribution in [0.3, 0.4) is 0 Å². The first-order chi connectivity index (χ1) is 13.1. The smallest absolute Gasteiger partial charge is 0.253 e. The van der Waals surface area contributed by atoms with Crippen molar-refractivity contribution in [3.8, 4) is 11.5 Å². The molecule has 0 N–H and O–H groups in total. The molecule has 2 aromatic rings. The number of halogens is 1. The van der Waals surface area contributed by atoms with E-state index in [0.29, 0.717) is 11.5 Å². The lowest BCUT2D eigenvalue weighted by molar-refractivity contribution is 0.0686. The van der Waals surface area contributed by atoms with Crippen molar-refractivity contribution in [1.29, 1.82) is 0 Å². The standard InChI is InChI=1S/C22H26FNO3/c1-26-19-8-5-16(6-9-19)3-4-17-11-13-24(14-12-17)22(25)18-7-10-21(27-2)20(23)15-18/h5-10,15,17H,3-4,11-14H2,1-2H3. The Morgan fingerprint density at radius 3 is 2.37 bits per heavy atom. The maximum Gasteiger partial charge on any atom is 0.253 e. The van der Waals surface area contributed by atoms with Crippen LogP contribution < -0.4 is 9.47 Å². The minimum atomic E-state index is -0.502. The fraction of sp³-hybridized carbons (Fsp3) is 0.409. The number of ether oxygens (including phenoxy) is 2. The Kier molecular flexibility index (Phi) is 6.32. The largest absolute Gasteiger partial charge is 0.497 e. The lowest BCUT2D eigenvalue weighted by Crippen LogP contribution is -2.38. The second kappa shape index (κ2) is 8.89. The number of hydrogen-bond donors (Lipinski definition) is 0. The van der Waals surface area contributed by atoms with Gasteiger partial charge in [0.25, 0.3) is 5.91 Å². The summed E-state index contributed by atoms with van der Waals surface area (Å²) < 4.78 is 23.9. The third-order valence-electron chi connectivity index (χ3n) is 5.30. The third-order valence-corrected chi connectivity index (χ3v) is 5.30. The third kappa shape index (κ3) is 4.79. The zero-order valence-corrected chi connectivity index (χ0v) is 15.9. The second-order valence-corrected chi connectivity index (χ2v) is 6.97. The van der Waals surface area contributed by atoms with Crippen LogP contribution in [-0.4, -0.2) is 38.1 Å². The molecule has 1 saturated heterocycles. The monoisotopic (exact) mass is 371 g/mol. The number of likely N-dealkylation sites (tertiary alicyclic amines) is 1. The number of methoxy groups -OCH3 is 2. The Labute approximate surface area is 159 Å². The topological polar surface area (TPSA) is 38.8 Å². The van der Waals surface area contributed by atoms with Crippen LogP contribution in [0.5, 0.6) is 11.5 Å². The maximum atomic E-state index is 13.8. The number of nitrogens with zero attached hydrogens (tertiary/aromatic N) is 1. The molecule has 0 saturated carbocycles. The summed E-state index contributed by atoms with van der Waals surface area (Å²) in [6.45, 7) is 1.44. The molecule has 4 nitrogen and oxygen atoms in total. The first kappa shape index (κ1) is 19.2. The number of piperidine rings is 1. The van der Waals surface area contributed by atoms with Gasteiger partial charge in [0.1, 0.15) is 5.75 Å². The van der Waals surface area contributed by atoms with E-state index >= 15 is 0 Å². The molecule has 3 rings (SSSR count). The zero-order valence-electron chi connectivity index (χ0n) is 15.9. The summed E-state index contributed by atoms with van der Waals surface area (Å²) >= 11 is 0. The van der Waals surface area contributed by atoms with Crippen LogP contribution in [-0.2, 0) is 6.42 Å². The van der Waals surface area contributed by atoms with Gasteiger partial charge in [0.2, 0.25) is 0 Å². The Morgan fingerprint density at radius 2 is 1.78 bits per heavy atom. The van der Waals surface area contributed by atoms with Crippen LogP contribution in [0.4, 0.5) is 4.39 Å². The van der Waals surface area contributed by atoms with E-state index in [2.05, 4.69) is 12.1 Å². The molecule has 1 aliphatic heterocycles. The predicted molar refractivity (Wildman–Crippen MR) is 103 cm³/mol. The number of hydrogen-bond acceptors (Lipinski definition) is 3. The molecule has 0 atom stereocenters. The summed E-state index contributed by atoms with van der Waals surface area (Å²) in [6.07, 6.45) is 4.12. The number of rotatable bonds is 6. The van der Waals surface area contributed by atoms with Crippen molar-refractivity contribution in [3.63, 3.8) is 0 Å². The molecule has 1 heterocycles. The molecule has 27 heavy (non-hydrogen) atoms. The van der Waals surface area contributed by atoms with Crippen LogP contribution in [0.1, 0.15) is 35.2 Å². The lowest BCUT2D eigenvalue weighted by Gasteiger charge is -2.32. The van der Waals surface area contributed by atoms with E-state index in [4.69, 9.17) is 9.47 Å². The van der Waals surface area contributed by atoms with E-state index in [0.717, 1.165) is 44.5 Å². The van der Waals surface area contributed by atoms with Gasteiger partial charge in [0, 0.05) is 18.7 Å². The summed E-state index contributed by atoms with van der Waals surface area (Å²) in [4.78, 5) is 14.4. The summed E-state index contributed by atoms with van der Waals surface area (Å²) in [5.41, 5.74) is 1.69. The number of carbonyl (C=O) groups excluding carboxylic acids is 1. The highest BCUT2D eigenvalue weighted by Gasteiger charge is 2.24. The van der Waals surface area contributed by atoms with E-state index in [1.807, 2.05) is 17.0 Å². The quantitative estimate of drug-likeness (QED) is 0.759. The number of benzene rings is 2. The highest BCUT2D eigenvalue weighted by molar-refractivity contribution is 5.94. The normalized spacial score (nSPS) is 14.9. The van der Waals surface area contributed by atoms with Gasteiger partial charge in [0.15, 0.2) is 11.6 Å².